The molecular weight excluding hydrogens is 676 g/mol. The van der Waals surface area contributed by atoms with Crippen LogP contribution < -0.4 is 16.4 Å². The lowest BCUT2D eigenvalue weighted by Gasteiger charge is -2.46. The van der Waals surface area contributed by atoms with E-state index in [0.717, 1.165) is 31.4 Å². The predicted molar refractivity (Wildman–Crippen MR) is 185 cm³/mol. The summed E-state index contributed by atoms with van der Waals surface area (Å²) in [6.07, 6.45) is -2.22. The molecule has 0 unspecified atom stereocenters. The molecular formula is C36H48N6O10. The van der Waals surface area contributed by atoms with Gasteiger partial charge in [-0.25, -0.2) is 9.48 Å². The zero-order valence-corrected chi connectivity index (χ0v) is 29.2. The van der Waals surface area contributed by atoms with E-state index in [2.05, 4.69) is 20.9 Å². The smallest absolute Gasteiger partial charge is 0.364 e. The number of carbonyl (C=O) groups excluding carboxylic acids is 2. The maximum absolute atomic E-state index is 13.3. The number of aliphatic carboxylic acids is 1. The number of rotatable bonds is 14. The zero-order valence-electron chi connectivity index (χ0n) is 29.2. The number of phenols is 1. The van der Waals surface area contributed by atoms with Crippen molar-refractivity contribution in [3.8, 4) is 5.75 Å². The van der Waals surface area contributed by atoms with Crippen molar-refractivity contribution in [2.75, 3.05) is 13.1 Å². The molecule has 0 radical (unpaired) electrons. The SMILES string of the molecule is Cc1cc(C(=O)NC[C@@H](O)[C@@H](O)[C@@H]2O[C@@](OCc3ccccc3)(C(=O)O)C[C@H](O)[C@H]2NC(=O)Cn2cc(C3CCC(CN)CC3)nn2)cc(C)c1O. The summed E-state index contributed by atoms with van der Waals surface area (Å²) in [5.74, 6) is -4.62. The lowest BCUT2D eigenvalue weighted by atomic mass is 9.81. The highest BCUT2D eigenvalue weighted by molar-refractivity contribution is 5.94. The number of aromatic nitrogens is 3. The van der Waals surface area contributed by atoms with Crippen molar-refractivity contribution in [2.45, 2.75) is 101 Å². The molecule has 2 fully saturated rings. The first-order valence-corrected chi connectivity index (χ1v) is 17.4. The maximum atomic E-state index is 13.3. The Hall–Kier alpha value is -4.45. The van der Waals surface area contributed by atoms with Gasteiger partial charge >= 0.3 is 5.97 Å². The summed E-state index contributed by atoms with van der Waals surface area (Å²) in [6.45, 7) is 2.84. The number of aliphatic hydroxyl groups is 3. The van der Waals surface area contributed by atoms with Gasteiger partial charge in [-0.15, -0.1) is 5.10 Å². The highest BCUT2D eigenvalue weighted by Gasteiger charge is 2.56. The van der Waals surface area contributed by atoms with Gasteiger partial charge in [-0.05, 0) is 80.8 Å². The molecule has 1 aliphatic heterocycles. The number of amides is 2. The van der Waals surface area contributed by atoms with Crippen molar-refractivity contribution in [1.82, 2.24) is 25.6 Å². The molecule has 2 aliphatic rings. The molecule has 5 rings (SSSR count). The minimum Gasteiger partial charge on any atom is -0.507 e. The Labute approximate surface area is 300 Å². The summed E-state index contributed by atoms with van der Waals surface area (Å²) < 4.78 is 13.0. The molecule has 2 aromatic carbocycles. The molecule has 282 valence electrons. The van der Waals surface area contributed by atoms with E-state index in [9.17, 15) is 39.9 Å². The van der Waals surface area contributed by atoms with E-state index in [1.54, 1.807) is 50.4 Å². The lowest BCUT2D eigenvalue weighted by molar-refractivity contribution is -0.314. The van der Waals surface area contributed by atoms with Gasteiger partial charge in [0.15, 0.2) is 0 Å². The summed E-state index contributed by atoms with van der Waals surface area (Å²) in [5, 5.41) is 67.7. The van der Waals surface area contributed by atoms with Crippen LogP contribution in [0.15, 0.2) is 48.7 Å². The van der Waals surface area contributed by atoms with Gasteiger partial charge in [-0.2, -0.15) is 0 Å². The maximum Gasteiger partial charge on any atom is 0.364 e. The number of nitrogens with one attached hydrogen (secondary N) is 2. The topological polar surface area (TPSA) is 252 Å². The van der Waals surface area contributed by atoms with Crippen LogP contribution in [0.2, 0.25) is 0 Å². The van der Waals surface area contributed by atoms with E-state index >= 15 is 0 Å². The van der Waals surface area contributed by atoms with Crippen LogP contribution in [0, 0.1) is 19.8 Å². The number of nitrogens with zero attached hydrogens (tertiary/aromatic N) is 3. The van der Waals surface area contributed by atoms with Gasteiger partial charge in [0.1, 0.15) is 24.5 Å². The first-order valence-electron chi connectivity index (χ1n) is 17.4. The fourth-order valence-corrected chi connectivity index (χ4v) is 6.87. The van der Waals surface area contributed by atoms with Crippen molar-refractivity contribution >= 4 is 17.8 Å². The molecule has 1 aromatic heterocycles. The molecule has 0 spiro atoms. The van der Waals surface area contributed by atoms with Crippen molar-refractivity contribution in [3.05, 3.63) is 76.6 Å². The second-order valence-electron chi connectivity index (χ2n) is 13.8. The predicted octanol–water partition coefficient (Wildman–Crippen LogP) is 0.617. The number of carboxylic acid groups (broad SMARTS) is 1. The molecule has 9 N–H and O–H groups in total. The number of hydrogen-bond acceptors (Lipinski definition) is 12. The minimum atomic E-state index is -2.48. The highest BCUT2D eigenvalue weighted by atomic mass is 16.7. The molecule has 3 aromatic rings. The van der Waals surface area contributed by atoms with E-state index in [1.807, 2.05) is 0 Å². The molecule has 6 atom stereocenters. The number of benzene rings is 2. The Morgan fingerprint density at radius 1 is 1.10 bits per heavy atom. The Balaban J connectivity index is 1.31. The molecule has 2 amide bonds. The second-order valence-corrected chi connectivity index (χ2v) is 13.8. The minimum absolute atomic E-state index is 0.0407. The lowest BCUT2D eigenvalue weighted by Crippen LogP contribution is -2.68. The standard InChI is InChI=1S/C36H48N6O10/c1-20-12-25(13-21(2)31(20)46)34(48)38-16-28(44)32(47)33-30(27(43)14-36(52-33,35(49)50)51-19-23-6-4-3-5-7-23)39-29(45)18-42-17-26(40-41-42)24-10-8-22(15-37)9-11-24/h3-7,12-13,17,22,24,27-28,30,32-33,43-44,46-47H,8-11,14-16,18-19,37H2,1-2H3,(H,38,48)(H,39,45)(H,49,50)/t22?,24?,27-,28+,30+,32+,33+,36+/m0/s1. The summed E-state index contributed by atoms with van der Waals surface area (Å²) in [6, 6.07) is 10.1. The van der Waals surface area contributed by atoms with Gasteiger partial charge in [-0.1, -0.05) is 35.5 Å². The van der Waals surface area contributed by atoms with E-state index < -0.39 is 67.0 Å². The van der Waals surface area contributed by atoms with Crippen LogP contribution in [0.4, 0.5) is 0 Å². The first-order chi connectivity index (χ1) is 24.8. The van der Waals surface area contributed by atoms with E-state index in [4.69, 9.17) is 15.2 Å². The second kappa shape index (κ2) is 16.9. The molecule has 2 heterocycles. The van der Waals surface area contributed by atoms with Crippen LogP contribution in [0.1, 0.15) is 70.8 Å². The molecule has 52 heavy (non-hydrogen) atoms. The molecule has 1 saturated heterocycles. The van der Waals surface area contributed by atoms with Crippen LogP contribution in [0.25, 0.3) is 0 Å². The molecule has 1 aliphatic carbocycles. The quantitative estimate of drug-likeness (QED) is 0.114. The van der Waals surface area contributed by atoms with Crippen LogP contribution in [0.5, 0.6) is 5.75 Å². The largest absolute Gasteiger partial charge is 0.507 e. The van der Waals surface area contributed by atoms with Crippen molar-refractivity contribution in [1.29, 1.82) is 0 Å². The summed E-state index contributed by atoms with van der Waals surface area (Å²) >= 11 is 0. The number of phenolic OH excluding ortho intramolecular Hbond substituents is 1. The third-order valence-electron chi connectivity index (χ3n) is 9.96. The normalized spacial score (nSPS) is 25.9. The number of nitrogens with two attached hydrogens (primary N) is 1. The van der Waals surface area contributed by atoms with Crippen molar-refractivity contribution < 1.29 is 49.4 Å². The van der Waals surface area contributed by atoms with Gasteiger partial charge in [-0.3, -0.25) is 9.59 Å². The average Bonchev–Trinajstić information content (AvgIpc) is 3.60. The fraction of sp³-hybridized carbons (Fsp3) is 0.528. The highest BCUT2D eigenvalue weighted by Crippen LogP contribution is 2.36. The number of carbonyl (C=O) groups is 3. The van der Waals surface area contributed by atoms with E-state index in [-0.39, 0.29) is 30.4 Å². The van der Waals surface area contributed by atoms with Gasteiger partial charge in [0.05, 0.1) is 30.6 Å². The Kier molecular flexibility index (Phi) is 12.6. The molecule has 16 heteroatoms. The number of carboxylic acids is 1. The number of hydrogen-bond donors (Lipinski definition) is 8. The van der Waals surface area contributed by atoms with Gasteiger partial charge < -0.3 is 51.4 Å². The van der Waals surface area contributed by atoms with Gasteiger partial charge in [0.25, 0.3) is 11.7 Å². The Morgan fingerprint density at radius 2 is 1.77 bits per heavy atom. The Morgan fingerprint density at radius 3 is 2.40 bits per heavy atom. The van der Waals surface area contributed by atoms with E-state index in [1.165, 1.54) is 16.8 Å². The third kappa shape index (κ3) is 9.12. The zero-order chi connectivity index (χ0) is 37.6. The number of aromatic hydroxyl groups is 1. The average molecular weight is 725 g/mol. The fourth-order valence-electron chi connectivity index (χ4n) is 6.87. The van der Waals surface area contributed by atoms with Gasteiger partial charge in [0.2, 0.25) is 5.91 Å². The number of ether oxygens (including phenoxy) is 2. The van der Waals surface area contributed by atoms with Crippen LogP contribution in [-0.2, 0) is 32.2 Å². The van der Waals surface area contributed by atoms with Crippen molar-refractivity contribution in [3.63, 3.8) is 0 Å². The van der Waals surface area contributed by atoms with Crippen molar-refractivity contribution in [2.24, 2.45) is 11.7 Å². The van der Waals surface area contributed by atoms with Gasteiger partial charge in [0, 0.05) is 30.6 Å². The van der Waals surface area contributed by atoms with E-state index in [0.29, 0.717) is 29.2 Å². The number of aryl methyl sites for hydroxylation is 2. The molecule has 16 nitrogen and oxygen atoms in total. The summed E-state index contributed by atoms with van der Waals surface area (Å²) in [5.41, 5.74) is 8.30. The third-order valence-corrected chi connectivity index (χ3v) is 9.96. The van der Waals surface area contributed by atoms with Crippen LogP contribution in [-0.4, -0.2) is 108 Å². The first kappa shape index (κ1) is 38.8. The monoisotopic (exact) mass is 724 g/mol. The molecule has 0 bridgehead atoms. The summed E-state index contributed by atoms with van der Waals surface area (Å²) in [7, 11) is 0. The van der Waals surface area contributed by atoms with Crippen LogP contribution in [0.3, 0.4) is 0 Å². The Bertz CT molecular complexity index is 1670. The number of aliphatic hydroxyl groups excluding tert-OH is 3. The molecule has 1 saturated carbocycles. The van der Waals surface area contributed by atoms with Crippen LogP contribution >= 0.6 is 0 Å². The summed E-state index contributed by atoms with van der Waals surface area (Å²) in [4.78, 5) is 38.9.